The van der Waals surface area contributed by atoms with Gasteiger partial charge < -0.3 is 4.74 Å². The first-order chi connectivity index (χ1) is 40.4. The fourth-order valence-corrected chi connectivity index (χ4v) is 8.35. The Bertz CT molecular complexity index is 3330. The van der Waals surface area contributed by atoms with Crippen molar-refractivity contribution in [3.63, 3.8) is 0 Å². The third-order valence-electron chi connectivity index (χ3n) is 13.6. The molecule has 0 amide bonds. The molecule has 5 rings (SSSR count). The number of alkyl halides is 24. The molecule has 0 saturated carbocycles. The molecule has 0 atom stereocenters. The molecule has 5 aromatic rings. The maximum atomic E-state index is 14.7. The summed E-state index contributed by atoms with van der Waals surface area (Å²) in [7, 11) is 1.30. The number of benzene rings is 5. The van der Waals surface area contributed by atoms with Crippen molar-refractivity contribution >= 4 is 48.1 Å². The number of halogens is 24. The van der Waals surface area contributed by atoms with Crippen molar-refractivity contribution < 1.29 is 115 Å². The van der Waals surface area contributed by atoms with Crippen molar-refractivity contribution in [2.75, 3.05) is 13.7 Å². The molecule has 0 radical (unpaired) electrons. The first-order valence-electron chi connectivity index (χ1n) is 25.8. The molecule has 0 fully saturated rings. The van der Waals surface area contributed by atoms with E-state index in [0.29, 0.717) is 11.1 Å². The number of esters is 1. The number of hydrogen-bond acceptors (Lipinski definition) is 4. The average Bonchev–Trinajstić information content (AvgIpc) is 0.702. The Kier molecular flexibility index (Phi) is 21.3. The SMILES string of the molecule is CCCN(Cc1ccc(CCC(F)(F)C(F)(F)C(F)(F)C(F)(F)C(F)(F)C(F)(F)C(F)(F)C(F)(F)C(F)(F)C(F)(F)F)cc1)N=Nc1ccc(/C=C/c2ccc(/C=C/c3cc(CC)c(/C=C/c4ccc(C(=O)OC)cc4)cc3CC)cc2)cc1C(F)(F)F. The van der Waals surface area contributed by atoms with E-state index in [4.69, 9.17) is 4.74 Å². The summed E-state index contributed by atoms with van der Waals surface area (Å²) in [6, 6.07) is 25.0. The van der Waals surface area contributed by atoms with Gasteiger partial charge in [-0.3, -0.25) is 5.01 Å². The van der Waals surface area contributed by atoms with Crippen molar-refractivity contribution in [3.05, 3.63) is 170 Å². The van der Waals surface area contributed by atoms with Crippen LogP contribution in [0, 0.1) is 0 Å². The summed E-state index contributed by atoms with van der Waals surface area (Å²) in [6.07, 6.45) is -4.91. The minimum atomic E-state index is -9.26. The van der Waals surface area contributed by atoms with Gasteiger partial charge in [0, 0.05) is 13.0 Å². The number of rotatable bonds is 26. The van der Waals surface area contributed by atoms with Gasteiger partial charge >= 0.3 is 71.6 Å². The quantitative estimate of drug-likeness (QED) is 0.0182. The zero-order chi connectivity index (χ0) is 66.5. The van der Waals surface area contributed by atoms with Gasteiger partial charge in [-0.15, -0.1) is 5.11 Å². The predicted molar refractivity (Wildman–Crippen MR) is 278 cm³/mol. The van der Waals surface area contributed by atoms with Crippen molar-refractivity contribution in [1.29, 1.82) is 0 Å². The summed E-state index contributed by atoms with van der Waals surface area (Å²) >= 11 is 0. The Morgan fingerprint density at radius 2 is 0.852 bits per heavy atom. The van der Waals surface area contributed by atoms with Crippen LogP contribution in [-0.2, 0) is 36.7 Å². The van der Waals surface area contributed by atoms with Crippen LogP contribution in [0.15, 0.2) is 113 Å². The van der Waals surface area contributed by atoms with E-state index in [1.807, 2.05) is 62.4 Å². The highest BCUT2D eigenvalue weighted by Crippen LogP contribution is 2.66. The van der Waals surface area contributed by atoms with Gasteiger partial charge in [0.05, 0.1) is 30.5 Å². The molecule has 0 aromatic heterocycles. The van der Waals surface area contributed by atoms with Crippen LogP contribution in [0.3, 0.4) is 0 Å². The second-order valence-electron chi connectivity index (χ2n) is 19.7. The Morgan fingerprint density at radius 1 is 0.466 bits per heavy atom. The van der Waals surface area contributed by atoms with Gasteiger partial charge in [0.2, 0.25) is 0 Å². The van der Waals surface area contributed by atoms with E-state index in [2.05, 4.69) is 22.5 Å². The highest BCUT2D eigenvalue weighted by Gasteiger charge is 2.97. The molecule has 480 valence electrons. The number of nitrogens with zero attached hydrogens (tertiary/aromatic N) is 3. The number of aryl methyl sites for hydroxylation is 3. The number of hydrogen-bond donors (Lipinski definition) is 0. The summed E-state index contributed by atoms with van der Waals surface area (Å²) < 4.78 is 338. The van der Waals surface area contributed by atoms with Crippen molar-refractivity contribution in [1.82, 2.24) is 5.01 Å². The standard InChI is InChI=1S/C59H49F24N3O2/c1-5-30-86(34-40-16-13-38(14-17-40)28-29-49(60,61)51(65,66)52(67,68)53(69,70)54(71,72)55(73,74)56(75,76)57(77,78)58(79,80)59(81,82)83)85-84-47-27-22-39(31-46(47)50(62,63)64)15-12-35-8-10-36(11-9-35)20-25-44-32-42(7-3)45(33-41(44)6-2)26-21-37-18-23-43(24-19-37)48(87)88-4/h8-27,31-33H,5-7,28-30,34H2,1-4H3/b15-12+,25-20+,26-21+,85-84?. The summed E-state index contributed by atoms with van der Waals surface area (Å²) in [5.41, 5.74) is 4.71. The molecule has 0 spiro atoms. The van der Waals surface area contributed by atoms with Crippen LogP contribution in [0.1, 0.15) is 105 Å². The van der Waals surface area contributed by atoms with Gasteiger partial charge in [-0.25, -0.2) is 4.79 Å². The van der Waals surface area contributed by atoms with Gasteiger partial charge in [0.15, 0.2) is 0 Å². The second kappa shape index (κ2) is 26.3. The van der Waals surface area contributed by atoms with Gasteiger partial charge in [0.25, 0.3) is 0 Å². The van der Waals surface area contributed by atoms with Gasteiger partial charge in [0.1, 0.15) is 0 Å². The van der Waals surface area contributed by atoms with Crippen LogP contribution in [0.4, 0.5) is 111 Å². The monoisotopic (exact) mass is 1290 g/mol. The van der Waals surface area contributed by atoms with E-state index >= 15 is 0 Å². The maximum absolute atomic E-state index is 14.7. The third-order valence-corrected chi connectivity index (χ3v) is 13.6. The lowest BCUT2D eigenvalue weighted by Gasteiger charge is -2.44. The van der Waals surface area contributed by atoms with Crippen molar-refractivity contribution in [2.24, 2.45) is 10.3 Å². The Morgan fingerprint density at radius 3 is 1.26 bits per heavy atom. The van der Waals surface area contributed by atoms with Crippen LogP contribution < -0.4 is 0 Å². The summed E-state index contributed by atoms with van der Waals surface area (Å²) in [5.74, 6) is -78.2. The van der Waals surface area contributed by atoms with Crippen LogP contribution in [0.25, 0.3) is 36.5 Å². The lowest BCUT2D eigenvalue weighted by atomic mass is 9.85. The van der Waals surface area contributed by atoms with Gasteiger partial charge in [-0.1, -0.05) is 141 Å². The first kappa shape index (κ1) is 71.3. The lowest BCUT2D eigenvalue weighted by molar-refractivity contribution is -0.474. The summed E-state index contributed by atoms with van der Waals surface area (Å²) in [5, 5.41) is 8.69. The van der Waals surface area contributed by atoms with Crippen LogP contribution in [-0.4, -0.2) is 84.1 Å². The molecular formula is C59H49F24N3O2. The summed E-state index contributed by atoms with van der Waals surface area (Å²) in [4.78, 5) is 11.8. The highest BCUT2D eigenvalue weighted by atomic mass is 19.4. The van der Waals surface area contributed by atoms with E-state index < -0.39 is 101 Å². The van der Waals surface area contributed by atoms with E-state index in [1.54, 1.807) is 37.3 Å². The Balaban J connectivity index is 1.25. The Hall–Kier alpha value is -7.49. The summed E-state index contributed by atoms with van der Waals surface area (Å²) in [6.45, 7) is 5.27. The molecule has 5 nitrogen and oxygen atoms in total. The first-order valence-corrected chi connectivity index (χ1v) is 25.8. The van der Waals surface area contributed by atoms with E-state index in [1.165, 1.54) is 19.3 Å². The Labute approximate surface area is 486 Å². The maximum Gasteiger partial charge on any atom is 0.460 e. The minimum absolute atomic E-state index is 0.0304. The molecular weight excluding hydrogens is 1240 g/mol. The predicted octanol–water partition coefficient (Wildman–Crippen LogP) is 20.3. The molecule has 5 aromatic carbocycles. The largest absolute Gasteiger partial charge is 0.465 e. The third kappa shape index (κ3) is 14.3. The van der Waals surface area contributed by atoms with Gasteiger partial charge in [-0.05, 0) is 106 Å². The highest BCUT2D eigenvalue weighted by molar-refractivity contribution is 5.89. The molecule has 0 aliphatic heterocycles. The zero-order valence-corrected chi connectivity index (χ0v) is 46.0. The zero-order valence-electron chi connectivity index (χ0n) is 46.0. The topological polar surface area (TPSA) is 54.3 Å². The molecule has 0 aliphatic carbocycles. The molecule has 0 N–H and O–H groups in total. The number of carbonyl (C=O) groups is 1. The minimum Gasteiger partial charge on any atom is -0.465 e. The number of ether oxygens (including phenoxy) is 1. The van der Waals surface area contributed by atoms with Crippen LogP contribution in [0.2, 0.25) is 0 Å². The number of carbonyl (C=O) groups excluding carboxylic acids is 1. The van der Waals surface area contributed by atoms with E-state index in [-0.39, 0.29) is 30.6 Å². The molecule has 0 aliphatic rings. The fourth-order valence-electron chi connectivity index (χ4n) is 8.35. The normalized spacial score (nSPS) is 14.1. The molecule has 0 saturated heterocycles. The number of methoxy groups -OCH3 is 1. The van der Waals surface area contributed by atoms with E-state index in [0.717, 1.165) is 87.6 Å². The molecule has 0 heterocycles. The van der Waals surface area contributed by atoms with Crippen molar-refractivity contribution in [3.8, 4) is 0 Å². The molecule has 88 heavy (non-hydrogen) atoms. The van der Waals surface area contributed by atoms with E-state index in [9.17, 15) is 110 Å². The molecule has 29 heteroatoms. The van der Waals surface area contributed by atoms with Crippen LogP contribution in [0.5, 0.6) is 0 Å². The molecule has 0 unspecified atom stereocenters. The molecule has 0 bridgehead atoms. The smallest absolute Gasteiger partial charge is 0.460 e. The fraction of sp³-hybridized carbons (Fsp3) is 0.373. The lowest BCUT2D eigenvalue weighted by Crippen LogP contribution is -2.76. The average molecular weight is 1290 g/mol. The van der Waals surface area contributed by atoms with Gasteiger partial charge in [-0.2, -0.15) is 105 Å². The van der Waals surface area contributed by atoms with Crippen molar-refractivity contribution in [2.45, 2.75) is 125 Å². The second-order valence-corrected chi connectivity index (χ2v) is 19.7. The van der Waals surface area contributed by atoms with Crippen LogP contribution >= 0.6 is 0 Å².